The SMILES string of the molecule is Cc1ncccc1Nc1ncc(Cl)c(-c2cnn(C)n2)n1. The number of hydrogen-bond donors (Lipinski definition) is 1. The summed E-state index contributed by atoms with van der Waals surface area (Å²) in [6.45, 7) is 1.90. The van der Waals surface area contributed by atoms with Gasteiger partial charge in [-0.2, -0.15) is 15.0 Å². The van der Waals surface area contributed by atoms with Crippen LogP contribution in [0.5, 0.6) is 0 Å². The molecule has 3 heterocycles. The number of aryl methyl sites for hydroxylation is 2. The minimum atomic E-state index is 0.420. The van der Waals surface area contributed by atoms with Crippen LogP contribution in [0, 0.1) is 6.92 Å². The van der Waals surface area contributed by atoms with Gasteiger partial charge in [0.15, 0.2) is 0 Å². The summed E-state index contributed by atoms with van der Waals surface area (Å²) in [4.78, 5) is 14.2. The van der Waals surface area contributed by atoms with Crippen LogP contribution in [0.1, 0.15) is 5.69 Å². The van der Waals surface area contributed by atoms with Gasteiger partial charge in [-0.15, -0.1) is 0 Å². The molecular weight excluding hydrogens is 290 g/mol. The number of rotatable bonds is 3. The molecule has 7 nitrogen and oxygen atoms in total. The molecule has 0 saturated heterocycles. The fourth-order valence-electron chi connectivity index (χ4n) is 1.80. The molecule has 3 rings (SSSR count). The van der Waals surface area contributed by atoms with Gasteiger partial charge < -0.3 is 5.32 Å². The Kier molecular flexibility index (Phi) is 3.49. The first-order valence-corrected chi connectivity index (χ1v) is 6.59. The van der Waals surface area contributed by atoms with Crippen molar-refractivity contribution >= 4 is 23.2 Å². The number of aromatic nitrogens is 6. The van der Waals surface area contributed by atoms with Crippen molar-refractivity contribution in [3.63, 3.8) is 0 Å². The molecule has 3 aromatic rings. The summed E-state index contributed by atoms with van der Waals surface area (Å²) in [6.07, 6.45) is 4.87. The lowest BCUT2D eigenvalue weighted by molar-refractivity contribution is 0.655. The minimum Gasteiger partial charge on any atom is -0.323 e. The average molecular weight is 302 g/mol. The van der Waals surface area contributed by atoms with Gasteiger partial charge in [-0.1, -0.05) is 11.6 Å². The fraction of sp³-hybridized carbons (Fsp3) is 0.154. The molecule has 0 radical (unpaired) electrons. The first-order valence-electron chi connectivity index (χ1n) is 6.21. The molecule has 3 aromatic heterocycles. The van der Waals surface area contributed by atoms with E-state index in [-0.39, 0.29) is 0 Å². The molecule has 0 aliphatic carbocycles. The second kappa shape index (κ2) is 5.45. The smallest absolute Gasteiger partial charge is 0.227 e. The summed E-state index contributed by atoms with van der Waals surface area (Å²) in [5.74, 6) is 0.427. The van der Waals surface area contributed by atoms with E-state index in [9.17, 15) is 0 Å². The second-order valence-corrected chi connectivity index (χ2v) is 4.78. The molecule has 0 bridgehead atoms. The van der Waals surface area contributed by atoms with Gasteiger partial charge in [0.2, 0.25) is 5.95 Å². The van der Waals surface area contributed by atoms with Crippen LogP contribution in [0.4, 0.5) is 11.6 Å². The third-order valence-corrected chi connectivity index (χ3v) is 3.12. The Morgan fingerprint density at radius 2 is 2.10 bits per heavy atom. The van der Waals surface area contributed by atoms with Gasteiger partial charge in [-0.05, 0) is 19.1 Å². The van der Waals surface area contributed by atoms with Crippen LogP contribution in [0.25, 0.3) is 11.4 Å². The Hall–Kier alpha value is -2.54. The Bertz CT molecular complexity index is 784. The van der Waals surface area contributed by atoms with E-state index in [1.807, 2.05) is 19.1 Å². The molecule has 0 amide bonds. The van der Waals surface area contributed by atoms with Crippen molar-refractivity contribution in [1.82, 2.24) is 29.9 Å². The lowest BCUT2D eigenvalue weighted by Crippen LogP contribution is -2.01. The summed E-state index contributed by atoms with van der Waals surface area (Å²) in [5, 5.41) is 11.8. The maximum atomic E-state index is 6.13. The number of anilines is 2. The monoisotopic (exact) mass is 301 g/mol. The largest absolute Gasteiger partial charge is 0.323 e. The quantitative estimate of drug-likeness (QED) is 0.800. The topological polar surface area (TPSA) is 81.4 Å². The van der Waals surface area contributed by atoms with E-state index >= 15 is 0 Å². The van der Waals surface area contributed by atoms with Gasteiger partial charge >= 0.3 is 0 Å². The molecule has 21 heavy (non-hydrogen) atoms. The van der Waals surface area contributed by atoms with Crippen LogP contribution in [-0.4, -0.2) is 29.9 Å². The maximum absolute atomic E-state index is 6.13. The molecule has 0 unspecified atom stereocenters. The van der Waals surface area contributed by atoms with Crippen LogP contribution in [0.2, 0.25) is 5.02 Å². The van der Waals surface area contributed by atoms with Gasteiger partial charge in [0.25, 0.3) is 0 Å². The summed E-state index contributed by atoms with van der Waals surface area (Å²) in [7, 11) is 1.73. The van der Waals surface area contributed by atoms with Crippen molar-refractivity contribution in [3.8, 4) is 11.4 Å². The van der Waals surface area contributed by atoms with Crippen LogP contribution < -0.4 is 5.32 Å². The first kappa shape index (κ1) is 13.4. The highest BCUT2D eigenvalue weighted by molar-refractivity contribution is 6.32. The van der Waals surface area contributed by atoms with E-state index < -0.39 is 0 Å². The Morgan fingerprint density at radius 1 is 1.24 bits per heavy atom. The zero-order valence-electron chi connectivity index (χ0n) is 11.4. The number of hydrogen-bond acceptors (Lipinski definition) is 6. The average Bonchev–Trinajstić information content (AvgIpc) is 2.90. The lowest BCUT2D eigenvalue weighted by atomic mass is 10.3. The van der Waals surface area contributed by atoms with Crippen molar-refractivity contribution < 1.29 is 0 Å². The fourth-order valence-corrected chi connectivity index (χ4v) is 1.99. The van der Waals surface area contributed by atoms with E-state index in [1.54, 1.807) is 19.4 Å². The predicted octanol–water partition coefficient (Wildman–Crippen LogP) is 2.37. The molecule has 0 fully saturated rings. The maximum Gasteiger partial charge on any atom is 0.227 e. The standard InChI is InChI=1S/C13H12ClN7/c1-8-10(4-3-5-15-8)18-13-16-6-9(14)12(19-13)11-7-17-21(2)20-11/h3-7H,1-2H3,(H,16,18,19). The number of pyridine rings is 1. The lowest BCUT2D eigenvalue weighted by Gasteiger charge is -2.08. The summed E-state index contributed by atoms with van der Waals surface area (Å²) in [5.41, 5.74) is 2.82. The number of halogens is 1. The summed E-state index contributed by atoms with van der Waals surface area (Å²) in [6, 6.07) is 3.75. The normalized spacial score (nSPS) is 10.6. The zero-order valence-corrected chi connectivity index (χ0v) is 12.2. The van der Waals surface area contributed by atoms with Crippen LogP contribution in [0.15, 0.2) is 30.7 Å². The second-order valence-electron chi connectivity index (χ2n) is 4.37. The van der Waals surface area contributed by atoms with Gasteiger partial charge in [0.1, 0.15) is 11.4 Å². The van der Waals surface area contributed by atoms with Crippen molar-refractivity contribution in [2.24, 2.45) is 7.05 Å². The van der Waals surface area contributed by atoms with E-state index in [0.717, 1.165) is 11.4 Å². The van der Waals surface area contributed by atoms with Crippen LogP contribution in [0.3, 0.4) is 0 Å². The predicted molar refractivity (Wildman–Crippen MR) is 79.3 cm³/mol. The van der Waals surface area contributed by atoms with E-state index in [2.05, 4.69) is 30.5 Å². The minimum absolute atomic E-state index is 0.420. The molecule has 0 aliphatic heterocycles. The van der Waals surface area contributed by atoms with Gasteiger partial charge in [-0.25, -0.2) is 9.97 Å². The van der Waals surface area contributed by atoms with Crippen molar-refractivity contribution in [1.29, 1.82) is 0 Å². The molecule has 0 aliphatic rings. The molecule has 0 aromatic carbocycles. The van der Waals surface area contributed by atoms with Crippen molar-refractivity contribution in [3.05, 3.63) is 41.4 Å². The van der Waals surface area contributed by atoms with Crippen LogP contribution in [-0.2, 0) is 7.05 Å². The van der Waals surface area contributed by atoms with Gasteiger partial charge in [0, 0.05) is 13.2 Å². The molecular formula is C13H12ClN7. The Morgan fingerprint density at radius 3 is 2.81 bits per heavy atom. The summed E-state index contributed by atoms with van der Waals surface area (Å²) >= 11 is 6.13. The highest BCUT2D eigenvalue weighted by atomic mass is 35.5. The molecule has 106 valence electrons. The van der Waals surface area contributed by atoms with E-state index in [1.165, 1.54) is 11.0 Å². The molecule has 0 atom stereocenters. The molecule has 1 N–H and O–H groups in total. The third-order valence-electron chi connectivity index (χ3n) is 2.84. The first-order chi connectivity index (χ1) is 10.1. The molecule has 8 heteroatoms. The Labute approximate surface area is 126 Å². The van der Waals surface area contributed by atoms with Crippen molar-refractivity contribution in [2.45, 2.75) is 6.92 Å². The third kappa shape index (κ3) is 2.82. The zero-order chi connectivity index (χ0) is 14.8. The number of nitrogens with one attached hydrogen (secondary N) is 1. The van der Waals surface area contributed by atoms with Crippen LogP contribution >= 0.6 is 11.6 Å². The van der Waals surface area contributed by atoms with Gasteiger partial charge in [0.05, 0.1) is 28.8 Å². The highest BCUT2D eigenvalue weighted by Gasteiger charge is 2.12. The summed E-state index contributed by atoms with van der Waals surface area (Å²) < 4.78 is 0. The van der Waals surface area contributed by atoms with E-state index in [0.29, 0.717) is 22.4 Å². The molecule has 0 saturated carbocycles. The molecule has 0 spiro atoms. The Balaban J connectivity index is 1.96. The highest BCUT2D eigenvalue weighted by Crippen LogP contribution is 2.25. The van der Waals surface area contributed by atoms with E-state index in [4.69, 9.17) is 11.6 Å². The van der Waals surface area contributed by atoms with Crippen molar-refractivity contribution in [2.75, 3.05) is 5.32 Å². The van der Waals surface area contributed by atoms with Gasteiger partial charge in [-0.3, -0.25) is 4.98 Å². The number of nitrogens with zero attached hydrogens (tertiary/aromatic N) is 6.